The fourth-order valence-electron chi connectivity index (χ4n) is 2.89. The maximum absolute atomic E-state index is 13.1. The SMILES string of the molecule is O=C(COc1cccc(F)c1)N1CCOC(CCc2ccccc2)C1. The van der Waals surface area contributed by atoms with Crippen molar-refractivity contribution >= 4 is 5.91 Å². The summed E-state index contributed by atoms with van der Waals surface area (Å²) >= 11 is 0. The van der Waals surface area contributed by atoms with E-state index in [2.05, 4.69) is 12.1 Å². The van der Waals surface area contributed by atoms with Gasteiger partial charge in [0.15, 0.2) is 6.61 Å². The van der Waals surface area contributed by atoms with E-state index in [1.165, 1.54) is 17.7 Å². The van der Waals surface area contributed by atoms with Gasteiger partial charge in [0.1, 0.15) is 11.6 Å². The molecule has 1 unspecified atom stereocenters. The minimum absolute atomic E-state index is 0.0343. The van der Waals surface area contributed by atoms with Gasteiger partial charge in [-0.05, 0) is 30.5 Å². The first-order valence-electron chi connectivity index (χ1n) is 8.52. The average molecular weight is 343 g/mol. The van der Waals surface area contributed by atoms with Gasteiger partial charge < -0.3 is 14.4 Å². The van der Waals surface area contributed by atoms with Gasteiger partial charge in [-0.25, -0.2) is 4.39 Å². The van der Waals surface area contributed by atoms with E-state index in [0.29, 0.717) is 25.4 Å². The van der Waals surface area contributed by atoms with Crippen molar-refractivity contribution in [2.75, 3.05) is 26.3 Å². The number of halogens is 1. The lowest BCUT2D eigenvalue weighted by molar-refractivity contribution is -0.141. The van der Waals surface area contributed by atoms with Crippen molar-refractivity contribution in [2.24, 2.45) is 0 Å². The van der Waals surface area contributed by atoms with Gasteiger partial charge in [0, 0.05) is 19.2 Å². The van der Waals surface area contributed by atoms with Gasteiger partial charge in [0.2, 0.25) is 0 Å². The molecule has 1 atom stereocenters. The Bertz CT molecular complexity index is 692. The third-order valence-corrected chi connectivity index (χ3v) is 4.25. The van der Waals surface area contributed by atoms with Crippen LogP contribution in [-0.2, 0) is 16.0 Å². The number of rotatable bonds is 6. The summed E-state index contributed by atoms with van der Waals surface area (Å²) in [5.41, 5.74) is 1.27. The van der Waals surface area contributed by atoms with Crippen molar-refractivity contribution in [2.45, 2.75) is 18.9 Å². The zero-order chi connectivity index (χ0) is 17.5. The number of ether oxygens (including phenoxy) is 2. The van der Waals surface area contributed by atoms with Crippen LogP contribution in [0.3, 0.4) is 0 Å². The number of morpholine rings is 1. The number of carbonyl (C=O) groups excluding carboxylic acids is 1. The molecule has 4 nitrogen and oxygen atoms in total. The van der Waals surface area contributed by atoms with Crippen molar-refractivity contribution in [3.63, 3.8) is 0 Å². The molecule has 0 N–H and O–H groups in total. The van der Waals surface area contributed by atoms with Crippen molar-refractivity contribution in [1.82, 2.24) is 4.90 Å². The summed E-state index contributed by atoms with van der Waals surface area (Å²) < 4.78 is 24.3. The molecule has 2 aromatic carbocycles. The summed E-state index contributed by atoms with van der Waals surface area (Å²) in [5, 5.41) is 0. The largest absolute Gasteiger partial charge is 0.484 e. The highest BCUT2D eigenvalue weighted by atomic mass is 19.1. The molecule has 5 heteroatoms. The Balaban J connectivity index is 1.46. The molecule has 0 radical (unpaired) electrons. The molecule has 0 bridgehead atoms. The van der Waals surface area contributed by atoms with Crippen LogP contribution in [0.5, 0.6) is 5.75 Å². The number of hydrogen-bond donors (Lipinski definition) is 0. The Morgan fingerprint density at radius 3 is 2.84 bits per heavy atom. The topological polar surface area (TPSA) is 38.8 Å². The van der Waals surface area contributed by atoms with E-state index >= 15 is 0 Å². The van der Waals surface area contributed by atoms with Crippen molar-refractivity contribution < 1.29 is 18.7 Å². The lowest BCUT2D eigenvalue weighted by atomic mass is 10.1. The van der Waals surface area contributed by atoms with E-state index in [4.69, 9.17) is 9.47 Å². The predicted molar refractivity (Wildman–Crippen MR) is 93.0 cm³/mol. The smallest absolute Gasteiger partial charge is 0.260 e. The molecule has 2 aromatic rings. The van der Waals surface area contributed by atoms with E-state index in [9.17, 15) is 9.18 Å². The van der Waals surface area contributed by atoms with Crippen molar-refractivity contribution in [1.29, 1.82) is 0 Å². The van der Waals surface area contributed by atoms with Crippen LogP contribution in [0.15, 0.2) is 54.6 Å². The van der Waals surface area contributed by atoms with Crippen LogP contribution in [0, 0.1) is 5.82 Å². The van der Waals surface area contributed by atoms with Crippen molar-refractivity contribution in [3.8, 4) is 5.75 Å². The summed E-state index contributed by atoms with van der Waals surface area (Å²) in [6.07, 6.45) is 1.83. The number of amides is 1. The maximum atomic E-state index is 13.1. The molecular weight excluding hydrogens is 321 g/mol. The van der Waals surface area contributed by atoms with Gasteiger partial charge in [-0.15, -0.1) is 0 Å². The molecule has 1 aliphatic rings. The number of hydrogen-bond acceptors (Lipinski definition) is 3. The molecule has 1 heterocycles. The Hall–Kier alpha value is -2.40. The highest BCUT2D eigenvalue weighted by molar-refractivity contribution is 5.77. The third kappa shape index (κ3) is 5.29. The molecule has 1 aliphatic heterocycles. The maximum Gasteiger partial charge on any atom is 0.260 e. The van der Waals surface area contributed by atoms with Crippen LogP contribution >= 0.6 is 0 Å². The number of aryl methyl sites for hydroxylation is 1. The van der Waals surface area contributed by atoms with E-state index in [1.807, 2.05) is 18.2 Å². The molecule has 1 amide bonds. The second kappa shape index (κ2) is 8.62. The van der Waals surface area contributed by atoms with Gasteiger partial charge in [0.25, 0.3) is 5.91 Å². The molecule has 0 spiro atoms. The van der Waals surface area contributed by atoms with Crippen LogP contribution in [0.25, 0.3) is 0 Å². The minimum Gasteiger partial charge on any atom is -0.484 e. The molecule has 0 aliphatic carbocycles. The second-order valence-electron chi connectivity index (χ2n) is 6.10. The molecule has 1 saturated heterocycles. The van der Waals surface area contributed by atoms with E-state index in [1.54, 1.807) is 17.0 Å². The van der Waals surface area contributed by atoms with Gasteiger partial charge in [-0.2, -0.15) is 0 Å². The summed E-state index contributed by atoms with van der Waals surface area (Å²) in [4.78, 5) is 14.1. The van der Waals surface area contributed by atoms with Crippen LogP contribution in [0.4, 0.5) is 4.39 Å². The summed E-state index contributed by atoms with van der Waals surface area (Å²) in [7, 11) is 0. The number of nitrogens with zero attached hydrogens (tertiary/aromatic N) is 1. The normalized spacial score (nSPS) is 17.3. The molecule has 25 heavy (non-hydrogen) atoms. The fraction of sp³-hybridized carbons (Fsp3) is 0.350. The Labute approximate surface area is 147 Å². The standard InChI is InChI=1S/C20H22FNO3/c21-17-7-4-8-18(13-17)25-15-20(23)22-11-12-24-19(14-22)10-9-16-5-2-1-3-6-16/h1-8,13,19H,9-12,14-15H2. The van der Waals surface area contributed by atoms with E-state index in [0.717, 1.165) is 12.8 Å². The first-order chi connectivity index (χ1) is 12.2. The Morgan fingerprint density at radius 2 is 2.04 bits per heavy atom. The fourth-order valence-corrected chi connectivity index (χ4v) is 2.89. The predicted octanol–water partition coefficient (Wildman–Crippen LogP) is 3.06. The zero-order valence-corrected chi connectivity index (χ0v) is 14.1. The quantitative estimate of drug-likeness (QED) is 0.809. The van der Waals surface area contributed by atoms with Crippen LogP contribution in [0.1, 0.15) is 12.0 Å². The molecule has 3 rings (SSSR count). The lowest BCUT2D eigenvalue weighted by Gasteiger charge is -2.33. The molecular formula is C20H22FNO3. The van der Waals surface area contributed by atoms with Gasteiger partial charge in [-0.1, -0.05) is 36.4 Å². The summed E-state index contributed by atoms with van der Waals surface area (Å²) in [6, 6.07) is 16.1. The van der Waals surface area contributed by atoms with Crippen LogP contribution < -0.4 is 4.74 Å². The first kappa shape index (κ1) is 17.4. The van der Waals surface area contributed by atoms with Gasteiger partial charge in [-0.3, -0.25) is 4.79 Å². The summed E-state index contributed by atoms with van der Waals surface area (Å²) in [6.45, 7) is 1.57. The first-order valence-corrected chi connectivity index (χ1v) is 8.52. The van der Waals surface area contributed by atoms with Gasteiger partial charge in [0.05, 0.1) is 12.7 Å². The molecule has 0 saturated carbocycles. The van der Waals surface area contributed by atoms with Crippen LogP contribution in [0.2, 0.25) is 0 Å². The zero-order valence-electron chi connectivity index (χ0n) is 14.1. The monoisotopic (exact) mass is 343 g/mol. The molecule has 1 fully saturated rings. The minimum atomic E-state index is -0.378. The van der Waals surface area contributed by atoms with Crippen molar-refractivity contribution in [3.05, 3.63) is 66.0 Å². The van der Waals surface area contributed by atoms with Crippen LogP contribution in [-0.4, -0.2) is 43.2 Å². The van der Waals surface area contributed by atoms with E-state index in [-0.39, 0.29) is 24.4 Å². The number of benzene rings is 2. The summed E-state index contributed by atoms with van der Waals surface area (Å²) in [5.74, 6) is -0.114. The highest BCUT2D eigenvalue weighted by Crippen LogP contribution is 2.15. The Kier molecular flexibility index (Phi) is 6.01. The number of carbonyl (C=O) groups is 1. The average Bonchev–Trinajstić information content (AvgIpc) is 2.65. The Morgan fingerprint density at radius 1 is 1.20 bits per heavy atom. The molecule has 0 aromatic heterocycles. The second-order valence-corrected chi connectivity index (χ2v) is 6.10. The van der Waals surface area contributed by atoms with E-state index < -0.39 is 0 Å². The lowest BCUT2D eigenvalue weighted by Crippen LogP contribution is -2.47. The van der Waals surface area contributed by atoms with Gasteiger partial charge >= 0.3 is 0 Å². The third-order valence-electron chi connectivity index (χ3n) is 4.25. The highest BCUT2D eigenvalue weighted by Gasteiger charge is 2.24. The molecule has 132 valence electrons.